The van der Waals surface area contributed by atoms with Crippen molar-refractivity contribution < 1.29 is 33.0 Å². The van der Waals surface area contributed by atoms with Crippen molar-refractivity contribution in [3.05, 3.63) is 36.3 Å². The molecule has 34 heavy (non-hydrogen) atoms. The SMILES string of the molecule is C=C1[C@@H]([C@@]2(C)CCC(=O)C(C)(C)[C@H]2CC(=O)OC)CC[C@@]2(C)[C@H](c3ccoc3)OC(=O)[C@H]3O[C@]132. The van der Waals surface area contributed by atoms with Crippen molar-refractivity contribution in [2.45, 2.75) is 77.6 Å². The first-order valence-corrected chi connectivity index (χ1v) is 12.1. The van der Waals surface area contributed by atoms with E-state index in [0.29, 0.717) is 12.8 Å². The molecule has 0 unspecified atom stereocenters. The number of hydrogen-bond acceptors (Lipinski definition) is 7. The minimum atomic E-state index is -0.822. The van der Waals surface area contributed by atoms with Crippen molar-refractivity contribution in [1.82, 2.24) is 0 Å². The van der Waals surface area contributed by atoms with E-state index in [1.807, 2.05) is 19.9 Å². The second-order valence-corrected chi connectivity index (χ2v) is 11.6. The lowest BCUT2D eigenvalue weighted by atomic mass is 9.45. The zero-order chi connectivity index (χ0) is 24.7. The molecule has 5 rings (SSSR count). The molecule has 4 aliphatic rings. The highest BCUT2D eigenvalue weighted by Gasteiger charge is 2.80. The first-order chi connectivity index (χ1) is 15.9. The van der Waals surface area contributed by atoms with Crippen molar-refractivity contribution >= 4 is 17.7 Å². The monoisotopic (exact) mass is 470 g/mol. The number of carbonyl (C=O) groups excluding carboxylic acids is 3. The molecule has 7 atom stereocenters. The highest BCUT2D eigenvalue weighted by molar-refractivity contribution is 5.87. The van der Waals surface area contributed by atoms with Crippen LogP contribution in [-0.2, 0) is 28.6 Å². The van der Waals surface area contributed by atoms with Crippen LogP contribution in [0.3, 0.4) is 0 Å². The van der Waals surface area contributed by atoms with Crippen molar-refractivity contribution in [3.8, 4) is 0 Å². The molecule has 2 aliphatic carbocycles. The fraction of sp³-hybridized carbons (Fsp3) is 0.667. The third-order valence-electron chi connectivity index (χ3n) is 9.86. The van der Waals surface area contributed by atoms with Gasteiger partial charge in [0.25, 0.3) is 0 Å². The number of epoxide rings is 1. The van der Waals surface area contributed by atoms with E-state index in [2.05, 4.69) is 20.4 Å². The van der Waals surface area contributed by atoms with Gasteiger partial charge in [-0.1, -0.05) is 34.3 Å². The van der Waals surface area contributed by atoms with Crippen LogP contribution in [0.2, 0.25) is 0 Å². The Morgan fingerprint density at radius 2 is 1.91 bits per heavy atom. The van der Waals surface area contributed by atoms with Gasteiger partial charge in [-0.25, -0.2) is 4.79 Å². The summed E-state index contributed by atoms with van der Waals surface area (Å²) in [5, 5.41) is 0. The van der Waals surface area contributed by atoms with Gasteiger partial charge in [0.2, 0.25) is 0 Å². The lowest BCUT2D eigenvalue weighted by Gasteiger charge is -2.58. The highest BCUT2D eigenvalue weighted by atomic mass is 16.7. The fourth-order valence-corrected chi connectivity index (χ4v) is 7.75. The number of cyclic esters (lactones) is 1. The summed E-state index contributed by atoms with van der Waals surface area (Å²) in [6.07, 6.45) is 4.89. The van der Waals surface area contributed by atoms with Crippen LogP contribution in [-0.4, -0.2) is 36.5 Å². The lowest BCUT2D eigenvalue weighted by molar-refractivity contribution is -0.170. The largest absolute Gasteiger partial charge is 0.472 e. The zero-order valence-corrected chi connectivity index (χ0v) is 20.6. The Hall–Kier alpha value is -2.41. The first kappa shape index (κ1) is 23.3. The molecule has 1 aromatic rings. The summed E-state index contributed by atoms with van der Waals surface area (Å²) in [5.41, 5.74) is -0.654. The van der Waals surface area contributed by atoms with Gasteiger partial charge in [-0.3, -0.25) is 9.59 Å². The summed E-state index contributed by atoms with van der Waals surface area (Å²) in [6, 6.07) is 1.83. The second kappa shape index (κ2) is 7.30. The number of carbonyl (C=O) groups is 3. The average Bonchev–Trinajstić information content (AvgIpc) is 3.35. The molecule has 0 N–H and O–H groups in total. The molecule has 0 radical (unpaired) electrons. The second-order valence-electron chi connectivity index (χ2n) is 11.6. The fourth-order valence-electron chi connectivity index (χ4n) is 7.75. The van der Waals surface area contributed by atoms with Gasteiger partial charge in [0, 0.05) is 29.2 Å². The van der Waals surface area contributed by atoms with Crippen LogP contribution in [0.5, 0.6) is 0 Å². The van der Waals surface area contributed by atoms with E-state index in [9.17, 15) is 14.4 Å². The van der Waals surface area contributed by atoms with Crippen LogP contribution in [0.1, 0.15) is 71.5 Å². The third kappa shape index (κ3) is 2.82. The van der Waals surface area contributed by atoms with E-state index in [1.54, 1.807) is 12.5 Å². The van der Waals surface area contributed by atoms with E-state index in [1.165, 1.54) is 7.11 Å². The van der Waals surface area contributed by atoms with Crippen molar-refractivity contribution in [2.24, 2.45) is 28.1 Å². The summed E-state index contributed by atoms with van der Waals surface area (Å²) in [6.45, 7) is 12.7. The first-order valence-electron chi connectivity index (χ1n) is 12.1. The number of furan rings is 1. The molecule has 0 amide bonds. The van der Waals surface area contributed by atoms with Crippen molar-refractivity contribution in [3.63, 3.8) is 0 Å². The minimum absolute atomic E-state index is 0.0106. The highest BCUT2D eigenvalue weighted by Crippen LogP contribution is 2.72. The topological polar surface area (TPSA) is 95.3 Å². The molecule has 2 saturated carbocycles. The lowest BCUT2D eigenvalue weighted by Crippen LogP contribution is -2.59. The van der Waals surface area contributed by atoms with Crippen LogP contribution in [0, 0.1) is 28.1 Å². The molecule has 2 aliphatic heterocycles. The molecule has 1 spiro atoms. The van der Waals surface area contributed by atoms with E-state index in [4.69, 9.17) is 18.6 Å². The molecule has 4 fully saturated rings. The predicted molar refractivity (Wildman–Crippen MR) is 121 cm³/mol. The Bertz CT molecular complexity index is 1060. The standard InChI is InChI=1S/C27H34O7/c1-15-17(25(4)10-8-19(28)24(2,3)18(25)13-20(29)31-6)7-11-26(5)21(16-9-12-32-14-16)33-23(30)22-27(15,26)34-22/h9,12,14,17-18,21-22H,1,7-8,10-11,13H2,2-6H3/t17-,18+,21-,22+,25+,26-,27+/m0/s1. The minimum Gasteiger partial charge on any atom is -0.472 e. The van der Waals surface area contributed by atoms with Crippen LogP contribution in [0.15, 0.2) is 35.2 Å². The molecule has 1 aromatic heterocycles. The Kier molecular flexibility index (Phi) is 5.01. The van der Waals surface area contributed by atoms with Crippen molar-refractivity contribution in [2.75, 3.05) is 7.11 Å². The van der Waals surface area contributed by atoms with Crippen LogP contribution >= 0.6 is 0 Å². The van der Waals surface area contributed by atoms with Gasteiger partial charge in [-0.2, -0.15) is 0 Å². The van der Waals surface area contributed by atoms with E-state index < -0.39 is 28.6 Å². The molecule has 2 saturated heterocycles. The van der Waals surface area contributed by atoms with E-state index >= 15 is 0 Å². The number of ketones is 1. The number of Topliss-reactive ketones (excluding diaryl/α,β-unsaturated/α-hetero) is 1. The van der Waals surface area contributed by atoms with Gasteiger partial charge in [-0.05, 0) is 48.2 Å². The third-order valence-corrected chi connectivity index (χ3v) is 9.86. The quantitative estimate of drug-likeness (QED) is 0.362. The normalized spacial score (nSPS) is 42.9. The molecule has 7 nitrogen and oxygen atoms in total. The number of hydrogen-bond donors (Lipinski definition) is 0. The number of esters is 2. The molecular weight excluding hydrogens is 436 g/mol. The van der Waals surface area contributed by atoms with E-state index in [0.717, 1.165) is 24.0 Å². The van der Waals surface area contributed by atoms with Crippen LogP contribution in [0.4, 0.5) is 0 Å². The molecule has 184 valence electrons. The van der Waals surface area contributed by atoms with Gasteiger partial charge < -0.3 is 18.6 Å². The molecule has 0 bridgehead atoms. The maximum atomic E-state index is 12.9. The zero-order valence-electron chi connectivity index (χ0n) is 20.6. The van der Waals surface area contributed by atoms with Gasteiger partial charge >= 0.3 is 11.9 Å². The molecule has 0 aromatic carbocycles. The summed E-state index contributed by atoms with van der Waals surface area (Å²) < 4.78 is 22.4. The van der Waals surface area contributed by atoms with Gasteiger partial charge in [0.15, 0.2) is 6.10 Å². The summed E-state index contributed by atoms with van der Waals surface area (Å²) in [7, 11) is 1.38. The number of methoxy groups -OCH3 is 1. The Morgan fingerprint density at radius 3 is 2.56 bits per heavy atom. The summed E-state index contributed by atoms with van der Waals surface area (Å²) in [4.78, 5) is 38.3. The molecular formula is C27H34O7. The Balaban J connectivity index is 1.54. The van der Waals surface area contributed by atoms with Gasteiger partial charge in [-0.15, -0.1) is 0 Å². The van der Waals surface area contributed by atoms with Crippen LogP contribution < -0.4 is 0 Å². The van der Waals surface area contributed by atoms with Gasteiger partial charge in [0.1, 0.15) is 17.5 Å². The van der Waals surface area contributed by atoms with E-state index in [-0.39, 0.29) is 41.4 Å². The maximum Gasteiger partial charge on any atom is 0.339 e. The maximum absolute atomic E-state index is 12.9. The van der Waals surface area contributed by atoms with Gasteiger partial charge in [0.05, 0.1) is 19.6 Å². The number of rotatable bonds is 4. The average molecular weight is 471 g/mol. The summed E-state index contributed by atoms with van der Waals surface area (Å²) >= 11 is 0. The Labute approximate surface area is 200 Å². The summed E-state index contributed by atoms with van der Waals surface area (Å²) in [5.74, 6) is -0.742. The smallest absolute Gasteiger partial charge is 0.339 e. The molecule has 7 heteroatoms. The van der Waals surface area contributed by atoms with Crippen molar-refractivity contribution in [1.29, 1.82) is 0 Å². The number of ether oxygens (including phenoxy) is 3. The Morgan fingerprint density at radius 1 is 1.18 bits per heavy atom. The predicted octanol–water partition coefficient (Wildman–Crippen LogP) is 4.56. The van der Waals surface area contributed by atoms with Crippen LogP contribution in [0.25, 0.3) is 0 Å². The molecule has 3 heterocycles.